The van der Waals surface area contributed by atoms with Crippen LogP contribution in [-0.4, -0.2) is 78.4 Å². The summed E-state index contributed by atoms with van der Waals surface area (Å²) in [5.74, 6) is -0.117. The number of aryl methyl sites for hydroxylation is 1. The number of fused-ring (bicyclic) bond motifs is 1. The Bertz CT molecular complexity index is 1540. The number of benzene rings is 3. The number of carbonyl (C=O) groups is 2. The van der Waals surface area contributed by atoms with Gasteiger partial charge in [0, 0.05) is 62.2 Å². The molecule has 0 bridgehead atoms. The minimum absolute atomic E-state index is 0.00548. The third-order valence-electron chi connectivity index (χ3n) is 10.9. The minimum Gasteiger partial charge on any atom is -0.344 e. The fourth-order valence-electron chi connectivity index (χ4n) is 7.86. The van der Waals surface area contributed by atoms with Crippen molar-refractivity contribution in [2.75, 3.05) is 45.8 Å². The number of rotatable bonds is 17. The highest BCUT2D eigenvalue weighted by molar-refractivity contribution is 6.31. The number of carbonyl (C=O) groups excluding carboxylic acids is 2. The summed E-state index contributed by atoms with van der Waals surface area (Å²) in [6, 6.07) is 24.6. The first-order chi connectivity index (χ1) is 24.2. The van der Waals surface area contributed by atoms with Gasteiger partial charge in [0.2, 0.25) is 11.8 Å². The zero-order valence-corrected chi connectivity index (χ0v) is 31.5. The van der Waals surface area contributed by atoms with Crippen molar-refractivity contribution in [1.82, 2.24) is 25.3 Å². The molecule has 0 aromatic heterocycles. The first kappa shape index (κ1) is 38.0. The lowest BCUT2D eigenvalue weighted by molar-refractivity contribution is -0.138. The second-order valence-corrected chi connectivity index (χ2v) is 14.7. The number of unbranched alkanes of at least 4 members (excludes halogenated alkanes) is 1. The number of piperazine rings is 1. The van der Waals surface area contributed by atoms with Crippen LogP contribution in [0.3, 0.4) is 0 Å². The summed E-state index contributed by atoms with van der Waals surface area (Å²) in [6.07, 6.45) is 6.16. The number of hydrogen-bond donors (Lipinski definition) is 2. The molecular formula is C42H58ClN5O2. The van der Waals surface area contributed by atoms with Crippen LogP contribution in [0.4, 0.5) is 0 Å². The van der Waals surface area contributed by atoms with E-state index in [0.29, 0.717) is 19.5 Å². The number of halogens is 1. The van der Waals surface area contributed by atoms with Crippen molar-refractivity contribution < 1.29 is 9.59 Å². The summed E-state index contributed by atoms with van der Waals surface area (Å²) in [5.41, 5.74) is 5.42. The number of hydrogen-bond acceptors (Lipinski definition) is 5. The van der Waals surface area contributed by atoms with Gasteiger partial charge >= 0.3 is 0 Å². The van der Waals surface area contributed by atoms with Crippen LogP contribution in [0.5, 0.6) is 0 Å². The maximum Gasteiger partial charge on any atom is 0.245 e. The summed E-state index contributed by atoms with van der Waals surface area (Å²) < 4.78 is 0. The van der Waals surface area contributed by atoms with Gasteiger partial charge < -0.3 is 20.4 Å². The molecule has 5 rings (SSSR count). The molecule has 2 amide bonds. The molecule has 2 heterocycles. The van der Waals surface area contributed by atoms with Crippen LogP contribution in [0.25, 0.3) is 0 Å². The van der Waals surface area contributed by atoms with E-state index in [0.717, 1.165) is 87.5 Å². The van der Waals surface area contributed by atoms with E-state index in [1.807, 2.05) is 29.2 Å². The number of amides is 2. The van der Waals surface area contributed by atoms with Crippen LogP contribution in [0.1, 0.15) is 93.7 Å². The highest BCUT2D eigenvalue weighted by Gasteiger charge is 2.37. The van der Waals surface area contributed by atoms with Gasteiger partial charge in [-0.25, -0.2) is 0 Å². The van der Waals surface area contributed by atoms with E-state index in [1.165, 1.54) is 16.7 Å². The molecule has 8 heteroatoms. The molecule has 2 aliphatic heterocycles. The highest BCUT2D eigenvalue weighted by Crippen LogP contribution is 2.34. The van der Waals surface area contributed by atoms with Gasteiger partial charge in [0.1, 0.15) is 6.04 Å². The highest BCUT2D eigenvalue weighted by atomic mass is 35.5. The molecule has 2 N–H and O–H groups in total. The van der Waals surface area contributed by atoms with E-state index < -0.39 is 11.6 Å². The van der Waals surface area contributed by atoms with Gasteiger partial charge in [-0.3, -0.25) is 14.5 Å². The van der Waals surface area contributed by atoms with Gasteiger partial charge in [0.25, 0.3) is 0 Å². The Hall–Kier alpha value is -3.23. The van der Waals surface area contributed by atoms with E-state index in [1.54, 1.807) is 0 Å². The molecule has 270 valence electrons. The Balaban J connectivity index is 1.27. The fraction of sp³-hybridized carbons (Fsp3) is 0.524. The Morgan fingerprint density at radius 2 is 1.58 bits per heavy atom. The average molecular weight is 700 g/mol. The zero-order chi connectivity index (χ0) is 35.5. The molecule has 2 aliphatic rings. The Kier molecular flexibility index (Phi) is 13.9. The maximum atomic E-state index is 14.3. The van der Waals surface area contributed by atoms with Gasteiger partial charge in [-0.05, 0) is 79.7 Å². The maximum absolute atomic E-state index is 14.3. The molecule has 0 spiro atoms. The van der Waals surface area contributed by atoms with Gasteiger partial charge in [0.05, 0.1) is 0 Å². The summed E-state index contributed by atoms with van der Waals surface area (Å²) in [7, 11) is 0. The SMILES string of the molecule is CCCc1ccc(CC(NC(=O)CC2(C)NCc3ccccc32)C(=O)N2CCN(C(CCCCN(CC)CC)c3ccccc3Cl)CC2)cc1. The van der Waals surface area contributed by atoms with Crippen LogP contribution in [0, 0.1) is 0 Å². The van der Waals surface area contributed by atoms with E-state index in [4.69, 9.17) is 11.6 Å². The van der Waals surface area contributed by atoms with Crippen molar-refractivity contribution in [3.63, 3.8) is 0 Å². The van der Waals surface area contributed by atoms with E-state index in [9.17, 15) is 9.59 Å². The van der Waals surface area contributed by atoms with E-state index >= 15 is 0 Å². The molecule has 0 saturated carbocycles. The van der Waals surface area contributed by atoms with Crippen LogP contribution >= 0.6 is 11.6 Å². The predicted octanol–water partition coefficient (Wildman–Crippen LogP) is 7.13. The molecule has 3 aromatic rings. The Morgan fingerprint density at radius 3 is 2.28 bits per heavy atom. The van der Waals surface area contributed by atoms with Crippen LogP contribution in [0.15, 0.2) is 72.8 Å². The lowest BCUT2D eigenvalue weighted by atomic mass is 9.89. The Morgan fingerprint density at radius 1 is 0.900 bits per heavy atom. The average Bonchev–Trinajstić information content (AvgIpc) is 3.46. The first-order valence-corrected chi connectivity index (χ1v) is 19.3. The summed E-state index contributed by atoms with van der Waals surface area (Å²) in [5, 5.41) is 7.56. The molecule has 1 saturated heterocycles. The van der Waals surface area contributed by atoms with Crippen molar-refractivity contribution in [3.05, 3.63) is 106 Å². The van der Waals surface area contributed by atoms with Crippen molar-refractivity contribution >= 4 is 23.4 Å². The van der Waals surface area contributed by atoms with Gasteiger partial charge in [0.15, 0.2) is 0 Å². The lowest BCUT2D eigenvalue weighted by Crippen LogP contribution is -2.56. The van der Waals surface area contributed by atoms with Crippen LogP contribution in [0.2, 0.25) is 5.02 Å². The molecule has 7 nitrogen and oxygen atoms in total. The molecule has 3 atom stereocenters. The third kappa shape index (κ3) is 9.75. The molecular weight excluding hydrogens is 642 g/mol. The molecule has 0 aliphatic carbocycles. The quantitative estimate of drug-likeness (QED) is 0.147. The standard InChI is InChI=1S/C42H58ClN5O2/c1-5-14-32-20-22-33(23-21-32)29-38(45-40(49)30-42(4)36-17-10-8-15-34(36)31-44-42)41(50)48-27-25-47(26-28-48)39(35-16-9-11-18-37(35)43)19-12-13-24-46(6-2)7-3/h8-11,15-18,20-23,38-39,44H,5-7,12-14,19,24-31H2,1-4H3,(H,45,49). The minimum atomic E-state index is -0.634. The number of nitrogens with one attached hydrogen (secondary N) is 2. The topological polar surface area (TPSA) is 67.9 Å². The summed E-state index contributed by atoms with van der Waals surface area (Å²) in [4.78, 5) is 35.0. The number of nitrogens with zero attached hydrogens (tertiary/aromatic N) is 3. The van der Waals surface area contributed by atoms with Gasteiger partial charge in [-0.2, -0.15) is 0 Å². The van der Waals surface area contributed by atoms with Gasteiger partial charge in [-0.1, -0.05) is 112 Å². The molecule has 1 fully saturated rings. The molecule has 3 unspecified atom stereocenters. The normalized spacial score (nSPS) is 19.0. The van der Waals surface area contributed by atoms with Crippen LogP contribution in [-0.2, 0) is 34.5 Å². The second kappa shape index (κ2) is 18.3. The largest absolute Gasteiger partial charge is 0.344 e. The smallest absolute Gasteiger partial charge is 0.245 e. The first-order valence-electron chi connectivity index (χ1n) is 18.9. The summed E-state index contributed by atoms with van der Waals surface area (Å²) >= 11 is 6.77. The monoisotopic (exact) mass is 699 g/mol. The predicted molar refractivity (Wildman–Crippen MR) is 205 cm³/mol. The third-order valence-corrected chi connectivity index (χ3v) is 11.2. The lowest BCUT2D eigenvalue weighted by Gasteiger charge is -2.41. The Labute approximate surface area is 305 Å². The second-order valence-electron chi connectivity index (χ2n) is 14.3. The van der Waals surface area contributed by atoms with Crippen molar-refractivity contribution in [3.8, 4) is 0 Å². The van der Waals surface area contributed by atoms with Crippen molar-refractivity contribution in [1.29, 1.82) is 0 Å². The molecule has 0 radical (unpaired) electrons. The van der Waals surface area contributed by atoms with E-state index in [2.05, 4.69) is 96.7 Å². The molecule has 3 aromatic carbocycles. The molecule has 50 heavy (non-hydrogen) atoms. The summed E-state index contributed by atoms with van der Waals surface area (Å²) in [6.45, 7) is 15.5. The van der Waals surface area contributed by atoms with Crippen LogP contribution < -0.4 is 10.6 Å². The van der Waals surface area contributed by atoms with E-state index in [-0.39, 0.29) is 24.3 Å². The van der Waals surface area contributed by atoms with Crippen molar-refractivity contribution in [2.45, 2.75) is 96.8 Å². The zero-order valence-electron chi connectivity index (χ0n) is 30.7. The van der Waals surface area contributed by atoms with Crippen molar-refractivity contribution in [2.24, 2.45) is 0 Å². The fourth-order valence-corrected chi connectivity index (χ4v) is 8.12. The van der Waals surface area contributed by atoms with Gasteiger partial charge in [-0.15, -0.1) is 0 Å².